The van der Waals surface area contributed by atoms with Gasteiger partial charge in [0.05, 0.1) is 0 Å². The first kappa shape index (κ1) is 28.4. The number of rotatable bonds is 3. The van der Waals surface area contributed by atoms with E-state index in [1.54, 1.807) is 48.5 Å². The molecule has 2 nitrogen and oxygen atoms in total. The minimum Gasteiger partial charge on any atom is -0.285 e. The summed E-state index contributed by atoms with van der Waals surface area (Å²) in [6, 6.07) is 30.1. The number of carbonyl (C=O) groups is 2. The maximum atomic E-state index is 12.8. The third kappa shape index (κ3) is 7.25. The van der Waals surface area contributed by atoms with Crippen LogP contribution in [0.4, 0.5) is 0 Å². The Kier molecular flexibility index (Phi) is 8.23. The lowest BCUT2D eigenvalue weighted by atomic mass is 9.87. The van der Waals surface area contributed by atoms with Crippen molar-refractivity contribution in [2.45, 2.75) is 52.4 Å². The largest absolute Gasteiger partial charge is 0.285 e. The minimum atomic E-state index is -0.546. The maximum Gasteiger partial charge on any atom is 0.233 e. The van der Waals surface area contributed by atoms with Crippen LogP contribution < -0.4 is 0 Å². The Bertz CT molecular complexity index is 1500. The SMILES string of the molecule is CC(C)(C)c1ccc(C#Cc2ccc(C(=O)C(=O)c3ccc(C#Cc4ccc(C(C)(C)C)cc4)cc3)cc2)cc1. The highest BCUT2D eigenvalue weighted by atomic mass is 16.2. The zero-order chi connectivity index (χ0) is 28.9. The van der Waals surface area contributed by atoms with Crippen molar-refractivity contribution < 1.29 is 9.59 Å². The summed E-state index contributed by atoms with van der Waals surface area (Å²) in [5, 5.41) is 0. The van der Waals surface area contributed by atoms with Gasteiger partial charge in [0.2, 0.25) is 11.6 Å². The van der Waals surface area contributed by atoms with Crippen LogP contribution in [0.2, 0.25) is 0 Å². The quantitative estimate of drug-likeness (QED) is 0.155. The van der Waals surface area contributed by atoms with Crippen LogP contribution >= 0.6 is 0 Å². The molecule has 0 spiro atoms. The molecular formula is C38H34O2. The summed E-state index contributed by atoms with van der Waals surface area (Å²) in [5.41, 5.74) is 6.80. The molecule has 0 aromatic heterocycles. The summed E-state index contributed by atoms with van der Waals surface area (Å²) < 4.78 is 0. The topological polar surface area (TPSA) is 34.1 Å². The first-order valence-corrected chi connectivity index (χ1v) is 13.4. The van der Waals surface area contributed by atoms with Gasteiger partial charge in [0.15, 0.2) is 0 Å². The van der Waals surface area contributed by atoms with Crippen LogP contribution in [0.15, 0.2) is 97.1 Å². The maximum absolute atomic E-state index is 12.8. The van der Waals surface area contributed by atoms with Gasteiger partial charge in [0.25, 0.3) is 0 Å². The molecule has 0 radical (unpaired) electrons. The zero-order valence-corrected chi connectivity index (χ0v) is 24.1. The summed E-state index contributed by atoms with van der Waals surface area (Å²) in [4.78, 5) is 25.7. The van der Waals surface area contributed by atoms with Crippen molar-refractivity contribution >= 4 is 11.6 Å². The Morgan fingerprint density at radius 1 is 0.400 bits per heavy atom. The van der Waals surface area contributed by atoms with E-state index in [0.717, 1.165) is 22.3 Å². The van der Waals surface area contributed by atoms with Crippen LogP contribution in [0.25, 0.3) is 0 Å². The third-order valence-electron chi connectivity index (χ3n) is 6.70. The first-order chi connectivity index (χ1) is 18.9. The number of carbonyl (C=O) groups excluding carboxylic acids is 2. The molecule has 2 heteroatoms. The molecule has 0 aliphatic carbocycles. The number of benzene rings is 4. The standard InChI is InChI=1S/C38H34O2/c1-37(2,3)33-23-15-29(16-24-33)9-7-27-11-19-31(20-12-27)35(39)36(40)32-21-13-28(14-22-32)8-10-30-17-25-34(26-18-30)38(4,5)6/h11-26H,1-6H3. The predicted octanol–water partition coefficient (Wildman–Crippen LogP) is 8.15. The third-order valence-corrected chi connectivity index (χ3v) is 6.70. The molecule has 0 saturated carbocycles. The average Bonchev–Trinajstić information content (AvgIpc) is 2.94. The number of Topliss-reactive ketones (excluding diaryl/α,β-unsaturated/α-hetero) is 2. The molecule has 0 atom stereocenters. The molecule has 0 N–H and O–H groups in total. The number of hydrogen-bond acceptors (Lipinski definition) is 2. The second-order valence-corrected chi connectivity index (χ2v) is 12.0. The molecule has 4 aromatic rings. The Morgan fingerprint density at radius 3 is 0.850 bits per heavy atom. The van der Waals surface area contributed by atoms with Gasteiger partial charge in [-0.25, -0.2) is 0 Å². The molecule has 0 bridgehead atoms. The molecule has 0 saturated heterocycles. The molecular weight excluding hydrogens is 488 g/mol. The molecule has 0 aliphatic rings. The number of ketones is 2. The summed E-state index contributed by atoms with van der Waals surface area (Å²) >= 11 is 0. The fraction of sp³-hybridized carbons (Fsp3) is 0.211. The van der Waals surface area contributed by atoms with Gasteiger partial charge in [-0.1, -0.05) is 89.5 Å². The van der Waals surface area contributed by atoms with E-state index in [2.05, 4.69) is 89.5 Å². The average molecular weight is 523 g/mol. The lowest BCUT2D eigenvalue weighted by Gasteiger charge is -2.18. The first-order valence-electron chi connectivity index (χ1n) is 13.4. The summed E-state index contributed by atoms with van der Waals surface area (Å²) in [5.74, 6) is 11.5. The lowest BCUT2D eigenvalue weighted by Crippen LogP contribution is -2.14. The Balaban J connectivity index is 1.39. The molecule has 0 heterocycles. The van der Waals surface area contributed by atoms with Crippen molar-refractivity contribution in [3.05, 3.63) is 142 Å². The fourth-order valence-electron chi connectivity index (χ4n) is 4.07. The van der Waals surface area contributed by atoms with Crippen LogP contribution in [-0.4, -0.2) is 11.6 Å². The van der Waals surface area contributed by atoms with E-state index in [1.165, 1.54) is 11.1 Å². The van der Waals surface area contributed by atoms with E-state index in [0.29, 0.717) is 11.1 Å². The predicted molar refractivity (Wildman–Crippen MR) is 164 cm³/mol. The van der Waals surface area contributed by atoms with Crippen LogP contribution in [-0.2, 0) is 10.8 Å². The summed E-state index contributed by atoms with van der Waals surface area (Å²) in [7, 11) is 0. The highest BCUT2D eigenvalue weighted by Crippen LogP contribution is 2.23. The van der Waals surface area contributed by atoms with E-state index < -0.39 is 11.6 Å². The monoisotopic (exact) mass is 522 g/mol. The second-order valence-electron chi connectivity index (χ2n) is 12.0. The fourth-order valence-corrected chi connectivity index (χ4v) is 4.07. The van der Waals surface area contributed by atoms with Gasteiger partial charge >= 0.3 is 0 Å². The minimum absolute atomic E-state index is 0.0985. The van der Waals surface area contributed by atoms with Gasteiger partial charge in [0.1, 0.15) is 0 Å². The van der Waals surface area contributed by atoms with E-state index >= 15 is 0 Å². The molecule has 4 aromatic carbocycles. The summed E-state index contributed by atoms with van der Waals surface area (Å²) in [6.45, 7) is 13.1. The van der Waals surface area contributed by atoms with Gasteiger partial charge in [0, 0.05) is 33.4 Å². The van der Waals surface area contributed by atoms with Crippen LogP contribution in [0.1, 0.15) is 95.6 Å². The van der Waals surface area contributed by atoms with E-state index in [-0.39, 0.29) is 10.8 Å². The molecule has 0 amide bonds. The van der Waals surface area contributed by atoms with Crippen molar-refractivity contribution in [1.29, 1.82) is 0 Å². The van der Waals surface area contributed by atoms with Crippen LogP contribution in [0, 0.1) is 23.7 Å². The van der Waals surface area contributed by atoms with Gasteiger partial charge < -0.3 is 0 Å². The zero-order valence-electron chi connectivity index (χ0n) is 24.1. The van der Waals surface area contributed by atoms with Gasteiger partial charge in [-0.3, -0.25) is 9.59 Å². The van der Waals surface area contributed by atoms with Crippen molar-refractivity contribution in [2.75, 3.05) is 0 Å². The Morgan fingerprint density at radius 2 is 0.625 bits per heavy atom. The van der Waals surface area contributed by atoms with Crippen LogP contribution in [0.5, 0.6) is 0 Å². The van der Waals surface area contributed by atoms with Crippen molar-refractivity contribution in [3.63, 3.8) is 0 Å². The molecule has 198 valence electrons. The van der Waals surface area contributed by atoms with Gasteiger partial charge in [-0.15, -0.1) is 0 Å². The molecule has 0 aliphatic heterocycles. The van der Waals surface area contributed by atoms with E-state index in [4.69, 9.17) is 0 Å². The smallest absolute Gasteiger partial charge is 0.233 e. The molecule has 0 fully saturated rings. The second kappa shape index (κ2) is 11.6. The van der Waals surface area contributed by atoms with Crippen molar-refractivity contribution in [1.82, 2.24) is 0 Å². The molecule has 40 heavy (non-hydrogen) atoms. The number of hydrogen-bond donors (Lipinski definition) is 0. The van der Waals surface area contributed by atoms with Crippen LogP contribution in [0.3, 0.4) is 0 Å². The highest BCUT2D eigenvalue weighted by molar-refractivity contribution is 6.49. The Hall–Kier alpha value is -4.66. The molecule has 0 unspecified atom stereocenters. The molecule has 4 rings (SSSR count). The summed E-state index contributed by atoms with van der Waals surface area (Å²) in [6.07, 6.45) is 0. The van der Waals surface area contributed by atoms with Crippen molar-refractivity contribution in [2.24, 2.45) is 0 Å². The normalized spacial score (nSPS) is 11.1. The van der Waals surface area contributed by atoms with E-state index in [9.17, 15) is 9.59 Å². The Labute approximate surface area is 238 Å². The highest BCUT2D eigenvalue weighted by Gasteiger charge is 2.18. The van der Waals surface area contributed by atoms with Crippen molar-refractivity contribution in [3.8, 4) is 23.7 Å². The van der Waals surface area contributed by atoms with Gasteiger partial charge in [-0.05, 0) is 94.8 Å². The van der Waals surface area contributed by atoms with Gasteiger partial charge in [-0.2, -0.15) is 0 Å². The lowest BCUT2D eigenvalue weighted by molar-refractivity contribution is 0.0817. The van der Waals surface area contributed by atoms with E-state index in [1.807, 2.05) is 24.3 Å².